The second kappa shape index (κ2) is 6.85. The van der Waals surface area contributed by atoms with Crippen molar-refractivity contribution in [2.75, 3.05) is 5.43 Å². The van der Waals surface area contributed by atoms with Crippen LogP contribution in [-0.4, -0.2) is 15.8 Å². The van der Waals surface area contributed by atoms with Crippen molar-refractivity contribution in [2.45, 2.75) is 39.0 Å². The van der Waals surface area contributed by atoms with Crippen LogP contribution < -0.4 is 11.0 Å². The molecule has 0 spiro atoms. The summed E-state index contributed by atoms with van der Waals surface area (Å²) < 4.78 is 0. The second-order valence-electron chi connectivity index (χ2n) is 8.22. The molecule has 2 aromatic heterocycles. The smallest absolute Gasteiger partial charge is 0.273 e. The van der Waals surface area contributed by atoms with Crippen LogP contribution in [0.25, 0.3) is 21.3 Å². The molecular weight excluding hydrogens is 370 g/mol. The summed E-state index contributed by atoms with van der Waals surface area (Å²) in [7, 11) is 0. The van der Waals surface area contributed by atoms with Gasteiger partial charge in [0.05, 0.1) is 10.3 Å². The molecular formula is C22H23N3O2S. The number of hydrogen-bond donors (Lipinski definition) is 1. The van der Waals surface area contributed by atoms with Crippen molar-refractivity contribution < 1.29 is 4.79 Å². The number of fused-ring (bicyclic) bond motifs is 3. The first kappa shape index (κ1) is 17.6. The molecule has 144 valence electrons. The van der Waals surface area contributed by atoms with Gasteiger partial charge in [-0.15, -0.1) is 21.2 Å². The van der Waals surface area contributed by atoms with Crippen molar-refractivity contribution >= 4 is 28.0 Å². The third-order valence-corrected chi connectivity index (χ3v) is 7.47. The van der Waals surface area contributed by atoms with Gasteiger partial charge < -0.3 is 0 Å². The third-order valence-electron chi connectivity index (χ3n) is 6.44. The Labute approximate surface area is 167 Å². The molecule has 3 aromatic rings. The number of aromatic nitrogens is 2. The first-order chi connectivity index (χ1) is 13.6. The number of carbonyl (C=O) groups is 1. The topological polar surface area (TPSA) is 64.0 Å². The van der Waals surface area contributed by atoms with Gasteiger partial charge in [0, 0.05) is 11.8 Å². The predicted molar refractivity (Wildman–Crippen MR) is 112 cm³/mol. The van der Waals surface area contributed by atoms with Crippen molar-refractivity contribution in [1.82, 2.24) is 9.89 Å². The van der Waals surface area contributed by atoms with Crippen molar-refractivity contribution in [1.29, 1.82) is 0 Å². The summed E-state index contributed by atoms with van der Waals surface area (Å²) >= 11 is 1.59. The summed E-state index contributed by atoms with van der Waals surface area (Å²) in [5, 5.41) is 7.95. The highest BCUT2D eigenvalue weighted by atomic mass is 32.1. The number of amides is 1. The van der Waals surface area contributed by atoms with Gasteiger partial charge in [0.2, 0.25) is 5.91 Å². The molecule has 3 atom stereocenters. The highest BCUT2D eigenvalue weighted by Gasteiger charge is 2.40. The largest absolute Gasteiger partial charge is 0.294 e. The molecule has 2 saturated carbocycles. The van der Waals surface area contributed by atoms with Crippen LogP contribution in [0.15, 0.2) is 40.5 Å². The average molecular weight is 394 g/mol. The zero-order valence-electron chi connectivity index (χ0n) is 15.9. The maximum Gasteiger partial charge on any atom is 0.294 e. The molecule has 0 radical (unpaired) electrons. The van der Waals surface area contributed by atoms with E-state index in [0.29, 0.717) is 23.6 Å². The van der Waals surface area contributed by atoms with Crippen molar-refractivity contribution in [3.8, 4) is 10.6 Å². The number of thiophene rings is 1. The maximum absolute atomic E-state index is 12.9. The van der Waals surface area contributed by atoms with Gasteiger partial charge in [-0.3, -0.25) is 9.59 Å². The van der Waals surface area contributed by atoms with Crippen LogP contribution in [0.4, 0.5) is 0 Å². The van der Waals surface area contributed by atoms with Gasteiger partial charge >= 0.3 is 0 Å². The van der Waals surface area contributed by atoms with Crippen LogP contribution in [-0.2, 0) is 4.79 Å². The van der Waals surface area contributed by atoms with E-state index in [-0.39, 0.29) is 11.5 Å². The standard InChI is InChI=1S/C22H23N3O2S/c1-13-8-9-28-21(13)20-17-4-2-3-5-18(17)22(27)25(24-20)23-19(26)12-16-11-14-6-7-15(16)10-14/h2-5,8-9,14-16H,6-7,10-12H2,1H3,(H,23,26)/t14-,15+,16-/m1/s1. The van der Waals surface area contributed by atoms with E-state index in [4.69, 9.17) is 0 Å². The zero-order chi connectivity index (χ0) is 19.3. The number of carbonyl (C=O) groups excluding carboxylic acids is 1. The monoisotopic (exact) mass is 393 g/mol. The number of nitrogens with zero attached hydrogens (tertiary/aromatic N) is 2. The van der Waals surface area contributed by atoms with Crippen molar-refractivity contribution in [3.05, 3.63) is 51.6 Å². The summed E-state index contributed by atoms with van der Waals surface area (Å²) in [5.41, 5.74) is 4.34. The molecule has 0 saturated heterocycles. The van der Waals surface area contributed by atoms with E-state index in [9.17, 15) is 9.59 Å². The molecule has 1 aromatic carbocycles. The van der Waals surface area contributed by atoms with E-state index in [1.807, 2.05) is 36.6 Å². The molecule has 2 aliphatic rings. The van der Waals surface area contributed by atoms with E-state index in [1.165, 1.54) is 19.3 Å². The normalized spacial score (nSPS) is 23.4. The second-order valence-corrected chi connectivity index (χ2v) is 9.13. The molecule has 5 nitrogen and oxygen atoms in total. The SMILES string of the molecule is Cc1ccsc1-c1nn(NC(=O)C[C@H]2C[C@@H]3CC[C@H]2C3)c(=O)c2ccccc12. The van der Waals surface area contributed by atoms with Crippen LogP contribution in [0.2, 0.25) is 0 Å². The lowest BCUT2D eigenvalue weighted by Gasteiger charge is -2.21. The van der Waals surface area contributed by atoms with Crippen LogP contribution in [0.5, 0.6) is 0 Å². The van der Waals surface area contributed by atoms with Crippen molar-refractivity contribution in [3.63, 3.8) is 0 Å². The predicted octanol–water partition coefficient (Wildman–Crippen LogP) is 4.33. The van der Waals surface area contributed by atoms with Crippen LogP contribution in [0, 0.1) is 24.7 Å². The van der Waals surface area contributed by atoms with Gasteiger partial charge in [-0.1, -0.05) is 24.6 Å². The molecule has 2 aliphatic carbocycles. The van der Waals surface area contributed by atoms with Crippen molar-refractivity contribution in [2.24, 2.45) is 17.8 Å². The lowest BCUT2D eigenvalue weighted by Crippen LogP contribution is -2.36. The molecule has 6 heteroatoms. The molecule has 5 rings (SSSR count). The Kier molecular flexibility index (Phi) is 4.31. The van der Waals surface area contributed by atoms with Gasteiger partial charge in [-0.25, -0.2) is 5.43 Å². The maximum atomic E-state index is 12.9. The third kappa shape index (κ3) is 2.96. The Balaban J connectivity index is 1.49. The van der Waals surface area contributed by atoms with E-state index in [0.717, 1.165) is 38.7 Å². The number of hydrogen-bond acceptors (Lipinski definition) is 4. The molecule has 28 heavy (non-hydrogen) atoms. The van der Waals surface area contributed by atoms with Gasteiger partial charge in [0.1, 0.15) is 5.69 Å². The minimum Gasteiger partial charge on any atom is -0.273 e. The van der Waals surface area contributed by atoms with E-state index >= 15 is 0 Å². The number of nitrogens with one attached hydrogen (secondary N) is 1. The van der Waals surface area contributed by atoms with E-state index < -0.39 is 0 Å². The van der Waals surface area contributed by atoms with E-state index in [1.54, 1.807) is 17.4 Å². The Morgan fingerprint density at radius 3 is 2.71 bits per heavy atom. The average Bonchev–Trinajstić information content (AvgIpc) is 3.41. The highest BCUT2D eigenvalue weighted by molar-refractivity contribution is 7.13. The summed E-state index contributed by atoms with van der Waals surface area (Å²) in [6.07, 6.45) is 5.47. The summed E-state index contributed by atoms with van der Waals surface area (Å²) in [6.45, 7) is 2.03. The number of rotatable bonds is 4. The first-order valence-electron chi connectivity index (χ1n) is 9.96. The fourth-order valence-corrected chi connectivity index (χ4v) is 6.00. The lowest BCUT2D eigenvalue weighted by molar-refractivity contribution is -0.118. The minimum absolute atomic E-state index is 0.115. The lowest BCUT2D eigenvalue weighted by atomic mass is 9.86. The van der Waals surface area contributed by atoms with Crippen LogP contribution in [0.3, 0.4) is 0 Å². The molecule has 1 N–H and O–H groups in total. The minimum atomic E-state index is -0.283. The van der Waals surface area contributed by atoms with Gasteiger partial charge in [0.25, 0.3) is 5.56 Å². The molecule has 0 aliphatic heterocycles. The molecule has 2 heterocycles. The first-order valence-corrected chi connectivity index (χ1v) is 10.8. The molecule has 2 fully saturated rings. The van der Waals surface area contributed by atoms with Crippen LogP contribution in [0.1, 0.15) is 37.7 Å². The quantitative estimate of drug-likeness (QED) is 0.718. The Hall–Kier alpha value is -2.47. The summed E-state index contributed by atoms with van der Waals surface area (Å²) in [4.78, 5) is 27.8. The van der Waals surface area contributed by atoms with Gasteiger partial charge in [-0.05, 0) is 67.0 Å². The summed E-state index contributed by atoms with van der Waals surface area (Å²) in [5.74, 6) is 1.82. The molecule has 2 bridgehead atoms. The fraction of sp³-hybridized carbons (Fsp3) is 0.409. The molecule has 0 unspecified atom stereocenters. The Morgan fingerprint density at radius 1 is 1.21 bits per heavy atom. The number of benzene rings is 1. The van der Waals surface area contributed by atoms with E-state index in [2.05, 4.69) is 10.5 Å². The van der Waals surface area contributed by atoms with Gasteiger partial charge in [0.15, 0.2) is 0 Å². The zero-order valence-corrected chi connectivity index (χ0v) is 16.7. The number of aryl methyl sites for hydroxylation is 1. The van der Waals surface area contributed by atoms with Crippen LogP contribution >= 0.6 is 11.3 Å². The van der Waals surface area contributed by atoms with Gasteiger partial charge in [-0.2, -0.15) is 0 Å². The molecule has 1 amide bonds. The fourth-order valence-electron chi connectivity index (χ4n) is 5.08. The Bertz CT molecular complexity index is 1120. The Morgan fingerprint density at radius 2 is 2.04 bits per heavy atom. The summed E-state index contributed by atoms with van der Waals surface area (Å²) in [6, 6.07) is 9.51. The highest BCUT2D eigenvalue weighted by Crippen LogP contribution is 2.49.